The predicted molar refractivity (Wildman–Crippen MR) is 137 cm³/mol. The van der Waals surface area contributed by atoms with E-state index in [9.17, 15) is 0 Å². The zero-order valence-corrected chi connectivity index (χ0v) is 21.3. The Morgan fingerprint density at radius 1 is 0.909 bits per heavy atom. The van der Waals surface area contributed by atoms with Crippen molar-refractivity contribution in [3.8, 4) is 0 Å². The van der Waals surface area contributed by atoms with Crippen LogP contribution in [0.1, 0.15) is 102 Å². The zero-order chi connectivity index (χ0) is 22.6. The number of aromatic nitrogens is 2. The van der Waals surface area contributed by atoms with Gasteiger partial charge in [-0.15, -0.1) is 0 Å². The molecular formula is C31H44N2. The normalized spacial score (nSPS) is 40.3. The molecule has 2 nitrogen and oxygen atoms in total. The highest BCUT2D eigenvalue weighted by Crippen LogP contribution is 2.67. The largest absolute Gasteiger partial charge is 0.241 e. The average Bonchev–Trinajstić information content (AvgIpc) is 3.15. The molecule has 7 atom stereocenters. The number of fused-ring (bicyclic) bond motifs is 6. The first-order valence-corrected chi connectivity index (χ1v) is 14.2. The summed E-state index contributed by atoms with van der Waals surface area (Å²) < 4.78 is 0. The Labute approximate surface area is 201 Å². The van der Waals surface area contributed by atoms with Gasteiger partial charge in [0.1, 0.15) is 5.82 Å². The van der Waals surface area contributed by atoms with Crippen molar-refractivity contribution in [3.05, 3.63) is 35.8 Å². The summed E-state index contributed by atoms with van der Waals surface area (Å²) in [6.45, 7) is 7.57. The monoisotopic (exact) mass is 444 g/mol. The minimum Gasteiger partial charge on any atom is -0.241 e. The van der Waals surface area contributed by atoms with E-state index in [2.05, 4.69) is 39.0 Å². The lowest BCUT2D eigenvalue weighted by Gasteiger charge is -2.60. The average molecular weight is 445 g/mol. The highest BCUT2D eigenvalue weighted by atomic mass is 14.9. The van der Waals surface area contributed by atoms with E-state index >= 15 is 0 Å². The fourth-order valence-corrected chi connectivity index (χ4v) is 9.74. The Hall–Kier alpha value is -1.44. The summed E-state index contributed by atoms with van der Waals surface area (Å²) in [6, 6.07) is 6.40. The topological polar surface area (TPSA) is 25.8 Å². The van der Waals surface area contributed by atoms with E-state index in [4.69, 9.17) is 9.97 Å². The van der Waals surface area contributed by atoms with Gasteiger partial charge in [-0.05, 0) is 123 Å². The van der Waals surface area contributed by atoms with Gasteiger partial charge in [0.25, 0.3) is 0 Å². The molecule has 0 aliphatic heterocycles. The third kappa shape index (κ3) is 3.57. The van der Waals surface area contributed by atoms with Gasteiger partial charge in [-0.1, -0.05) is 38.8 Å². The van der Waals surface area contributed by atoms with Gasteiger partial charge in [-0.3, -0.25) is 0 Å². The summed E-state index contributed by atoms with van der Waals surface area (Å²) in [5.41, 5.74) is 3.65. The van der Waals surface area contributed by atoms with Gasteiger partial charge in [0.05, 0.1) is 5.52 Å². The Morgan fingerprint density at radius 3 is 2.70 bits per heavy atom. The van der Waals surface area contributed by atoms with Crippen LogP contribution in [0.5, 0.6) is 0 Å². The lowest BCUT2D eigenvalue weighted by Crippen LogP contribution is -2.52. The molecule has 2 aromatic rings. The molecule has 2 heteroatoms. The molecule has 1 aromatic heterocycles. The second-order valence-corrected chi connectivity index (χ2v) is 12.9. The van der Waals surface area contributed by atoms with Crippen LogP contribution in [-0.2, 0) is 6.42 Å². The molecular weight excluding hydrogens is 400 g/mol. The first-order chi connectivity index (χ1) is 16.0. The first kappa shape index (κ1) is 22.1. The molecule has 1 aromatic carbocycles. The molecule has 33 heavy (non-hydrogen) atoms. The van der Waals surface area contributed by atoms with Crippen LogP contribution >= 0.6 is 0 Å². The van der Waals surface area contributed by atoms with Crippen molar-refractivity contribution in [2.24, 2.45) is 40.4 Å². The van der Waals surface area contributed by atoms with Gasteiger partial charge in [-0.25, -0.2) is 9.97 Å². The fourth-order valence-electron chi connectivity index (χ4n) is 9.74. The second kappa shape index (κ2) is 8.35. The van der Waals surface area contributed by atoms with E-state index in [0.717, 1.165) is 47.4 Å². The van der Waals surface area contributed by atoms with Crippen molar-refractivity contribution in [1.29, 1.82) is 0 Å². The summed E-state index contributed by atoms with van der Waals surface area (Å²) in [4.78, 5) is 9.61. The van der Waals surface area contributed by atoms with Crippen molar-refractivity contribution < 1.29 is 0 Å². The quantitative estimate of drug-likeness (QED) is 0.474. The summed E-state index contributed by atoms with van der Waals surface area (Å²) >= 11 is 0. The number of aryl methyl sites for hydroxylation is 2. The molecule has 4 saturated carbocycles. The minimum atomic E-state index is 0.598. The van der Waals surface area contributed by atoms with Gasteiger partial charge in [0.2, 0.25) is 0 Å². The number of benzene rings is 1. The zero-order valence-electron chi connectivity index (χ0n) is 21.3. The van der Waals surface area contributed by atoms with E-state index in [1.54, 1.807) is 6.42 Å². The van der Waals surface area contributed by atoms with Crippen LogP contribution in [0.4, 0.5) is 0 Å². The van der Waals surface area contributed by atoms with Gasteiger partial charge < -0.3 is 0 Å². The first-order valence-electron chi connectivity index (χ1n) is 14.2. The van der Waals surface area contributed by atoms with E-state index in [-0.39, 0.29) is 0 Å². The molecule has 178 valence electrons. The minimum absolute atomic E-state index is 0.598. The Kier molecular flexibility index (Phi) is 5.58. The van der Waals surface area contributed by atoms with Crippen LogP contribution in [0.3, 0.4) is 0 Å². The van der Waals surface area contributed by atoms with Gasteiger partial charge in [0.15, 0.2) is 0 Å². The second-order valence-electron chi connectivity index (χ2n) is 12.9. The number of hydrogen-bond acceptors (Lipinski definition) is 2. The lowest BCUT2D eigenvalue weighted by atomic mass is 9.45. The predicted octanol–water partition coefficient (Wildman–Crippen LogP) is 8.31. The van der Waals surface area contributed by atoms with Crippen LogP contribution in [0.15, 0.2) is 24.4 Å². The number of rotatable bonds is 4. The molecule has 0 radical (unpaired) electrons. The van der Waals surface area contributed by atoms with Crippen molar-refractivity contribution >= 4 is 10.9 Å². The van der Waals surface area contributed by atoms with Crippen LogP contribution in [-0.4, -0.2) is 9.97 Å². The molecule has 0 amide bonds. The van der Waals surface area contributed by atoms with Gasteiger partial charge >= 0.3 is 0 Å². The third-order valence-corrected chi connectivity index (χ3v) is 11.6. The fraction of sp³-hybridized carbons (Fsp3) is 0.742. The maximum Gasteiger partial charge on any atom is 0.128 e. The highest BCUT2D eigenvalue weighted by molar-refractivity contribution is 5.80. The summed E-state index contributed by atoms with van der Waals surface area (Å²) in [7, 11) is 0. The molecule has 7 unspecified atom stereocenters. The van der Waals surface area contributed by atoms with Gasteiger partial charge in [-0.2, -0.15) is 0 Å². The molecule has 0 saturated heterocycles. The maximum atomic E-state index is 4.89. The van der Waals surface area contributed by atoms with Crippen molar-refractivity contribution in [2.75, 3.05) is 0 Å². The number of nitrogens with zero attached hydrogens (tertiary/aromatic N) is 2. The van der Waals surface area contributed by atoms with Gasteiger partial charge in [0, 0.05) is 18.0 Å². The van der Waals surface area contributed by atoms with Crippen molar-refractivity contribution in [1.82, 2.24) is 9.97 Å². The maximum absolute atomic E-state index is 4.89. The number of hydrogen-bond donors (Lipinski definition) is 0. The molecule has 6 rings (SSSR count). The molecule has 4 fully saturated rings. The lowest BCUT2D eigenvalue weighted by molar-refractivity contribution is -0.111. The van der Waals surface area contributed by atoms with Crippen LogP contribution in [0, 0.1) is 47.3 Å². The SMILES string of the molecule is Cc1cccc2nc(CCCC3CCC4C5CCC6CCCCC6(C)C5CCC34C)ncc12. The summed E-state index contributed by atoms with van der Waals surface area (Å²) in [6.07, 6.45) is 20.8. The Balaban J connectivity index is 1.12. The van der Waals surface area contributed by atoms with Crippen LogP contribution in [0.25, 0.3) is 10.9 Å². The standard InChI is InChI=1S/C31H44N2/c1-21-8-6-11-28-25(21)20-32-29(33-28)12-7-10-23-14-16-26-24-15-13-22-9-4-5-18-30(22,2)27(24)17-19-31(23,26)3/h6,8,11,20,22-24,26-27H,4-5,7,9-10,12-19H2,1-3H3. The van der Waals surface area contributed by atoms with E-state index in [1.165, 1.54) is 81.6 Å². The molecule has 4 aliphatic rings. The molecule has 0 bridgehead atoms. The summed E-state index contributed by atoms with van der Waals surface area (Å²) in [5, 5.41) is 1.20. The third-order valence-electron chi connectivity index (χ3n) is 11.6. The van der Waals surface area contributed by atoms with Crippen LogP contribution in [0.2, 0.25) is 0 Å². The Morgan fingerprint density at radius 2 is 1.79 bits per heavy atom. The van der Waals surface area contributed by atoms with Crippen molar-refractivity contribution in [2.45, 2.75) is 104 Å². The molecule has 1 heterocycles. The molecule has 4 aliphatic carbocycles. The van der Waals surface area contributed by atoms with Crippen molar-refractivity contribution in [3.63, 3.8) is 0 Å². The highest BCUT2D eigenvalue weighted by Gasteiger charge is 2.59. The van der Waals surface area contributed by atoms with E-state index in [1.807, 2.05) is 6.20 Å². The molecule has 0 spiro atoms. The van der Waals surface area contributed by atoms with Crippen LogP contribution < -0.4 is 0 Å². The van der Waals surface area contributed by atoms with E-state index < -0.39 is 0 Å². The Bertz CT molecular complexity index is 1010. The van der Waals surface area contributed by atoms with E-state index in [0.29, 0.717) is 10.8 Å². The molecule has 0 N–H and O–H groups in total. The smallest absolute Gasteiger partial charge is 0.128 e. The summed E-state index contributed by atoms with van der Waals surface area (Å²) in [5.74, 6) is 6.06.